The van der Waals surface area contributed by atoms with Gasteiger partial charge in [-0.2, -0.15) is 4.31 Å². The molecule has 1 amide bonds. The highest BCUT2D eigenvalue weighted by molar-refractivity contribution is 7.91. The van der Waals surface area contributed by atoms with E-state index in [0.29, 0.717) is 19.5 Å². The van der Waals surface area contributed by atoms with Crippen LogP contribution >= 0.6 is 11.3 Å². The van der Waals surface area contributed by atoms with Gasteiger partial charge in [-0.1, -0.05) is 6.92 Å². The van der Waals surface area contributed by atoms with Crippen molar-refractivity contribution < 1.29 is 17.9 Å². The molecular weight excluding hydrogens is 400 g/mol. The van der Waals surface area contributed by atoms with Gasteiger partial charge >= 0.3 is 6.01 Å². The summed E-state index contributed by atoms with van der Waals surface area (Å²) in [5.41, 5.74) is 1.02. The Kier molecular flexibility index (Phi) is 6.63. The lowest BCUT2D eigenvalue weighted by Gasteiger charge is -2.31. The van der Waals surface area contributed by atoms with Gasteiger partial charge in [0.15, 0.2) is 0 Å². The maximum atomic E-state index is 13.0. The van der Waals surface area contributed by atoms with Crippen molar-refractivity contribution in [3.8, 4) is 6.01 Å². The van der Waals surface area contributed by atoms with Crippen molar-refractivity contribution in [2.45, 2.75) is 50.0 Å². The van der Waals surface area contributed by atoms with E-state index in [0.717, 1.165) is 23.3 Å². The van der Waals surface area contributed by atoms with Crippen LogP contribution in [0.3, 0.4) is 0 Å². The van der Waals surface area contributed by atoms with E-state index in [1.54, 1.807) is 24.5 Å². The van der Waals surface area contributed by atoms with Crippen LogP contribution < -0.4 is 10.1 Å². The van der Waals surface area contributed by atoms with Gasteiger partial charge in [0.05, 0.1) is 13.1 Å². The lowest BCUT2D eigenvalue weighted by Crippen LogP contribution is -2.44. The molecule has 1 atom stereocenters. The van der Waals surface area contributed by atoms with Crippen molar-refractivity contribution in [2.75, 3.05) is 13.1 Å². The molecule has 1 N–H and O–H groups in total. The number of ether oxygens (including phenoxy) is 1. The second-order valence-corrected chi connectivity index (χ2v) is 9.94. The Balaban J connectivity index is 1.65. The van der Waals surface area contributed by atoms with Gasteiger partial charge in [0, 0.05) is 30.7 Å². The number of thiophene rings is 1. The van der Waals surface area contributed by atoms with E-state index in [1.807, 2.05) is 6.92 Å². The van der Waals surface area contributed by atoms with Crippen LogP contribution in [0.25, 0.3) is 0 Å². The molecule has 0 bridgehead atoms. The highest BCUT2D eigenvalue weighted by Crippen LogP contribution is 2.28. The van der Waals surface area contributed by atoms with Crippen LogP contribution in [0, 0.1) is 0 Å². The highest BCUT2D eigenvalue weighted by Gasteiger charge is 2.32. The molecule has 0 spiro atoms. The number of amides is 1. The smallest absolute Gasteiger partial charge is 0.316 e. The van der Waals surface area contributed by atoms with E-state index in [4.69, 9.17) is 4.74 Å². The zero-order chi connectivity index (χ0) is 20.1. The average Bonchev–Trinajstić information content (AvgIpc) is 3.17. The maximum absolute atomic E-state index is 13.0. The third kappa shape index (κ3) is 5.06. The largest absolute Gasteiger partial charge is 0.459 e. The third-order valence-corrected chi connectivity index (χ3v) is 7.86. The number of nitrogens with zero attached hydrogens (tertiary/aromatic N) is 3. The van der Waals surface area contributed by atoms with Crippen molar-refractivity contribution in [2.24, 2.45) is 0 Å². The van der Waals surface area contributed by atoms with Crippen LogP contribution in [0.2, 0.25) is 0 Å². The van der Waals surface area contributed by atoms with E-state index in [2.05, 4.69) is 15.3 Å². The second kappa shape index (κ2) is 8.97. The van der Waals surface area contributed by atoms with Crippen LogP contribution in [0.1, 0.15) is 37.1 Å². The van der Waals surface area contributed by atoms with Crippen molar-refractivity contribution in [3.05, 3.63) is 35.0 Å². The van der Waals surface area contributed by atoms with Gasteiger partial charge in [-0.15, -0.1) is 11.3 Å². The first kappa shape index (κ1) is 20.7. The summed E-state index contributed by atoms with van der Waals surface area (Å²) >= 11 is 1.17. The van der Waals surface area contributed by atoms with Crippen LogP contribution in [0.5, 0.6) is 6.01 Å². The van der Waals surface area contributed by atoms with E-state index in [-0.39, 0.29) is 28.8 Å². The summed E-state index contributed by atoms with van der Waals surface area (Å²) in [5, 5.41) is 2.68. The molecule has 152 valence electrons. The normalized spacial score (nSPS) is 18.0. The molecule has 1 fully saturated rings. The van der Waals surface area contributed by atoms with Crippen LogP contribution in [0.15, 0.2) is 28.7 Å². The molecule has 2 aromatic rings. The van der Waals surface area contributed by atoms with Gasteiger partial charge in [-0.05, 0) is 37.0 Å². The first-order valence-corrected chi connectivity index (χ1v) is 11.4. The van der Waals surface area contributed by atoms with Crippen molar-refractivity contribution in [3.63, 3.8) is 0 Å². The molecule has 1 aliphatic heterocycles. The molecule has 8 nitrogen and oxygen atoms in total. The molecule has 0 saturated carbocycles. The summed E-state index contributed by atoms with van der Waals surface area (Å²) in [6.45, 7) is 4.50. The summed E-state index contributed by atoms with van der Waals surface area (Å²) in [6.07, 6.45) is 5.48. The number of piperidine rings is 1. The van der Waals surface area contributed by atoms with E-state index < -0.39 is 10.0 Å². The molecule has 3 rings (SSSR count). The molecule has 1 aliphatic rings. The number of carbonyl (C=O) groups is 1. The Hall–Kier alpha value is -2.04. The molecule has 0 radical (unpaired) electrons. The molecule has 3 heterocycles. The Labute approximate surface area is 169 Å². The third-order valence-electron chi connectivity index (χ3n) is 4.45. The van der Waals surface area contributed by atoms with Crippen LogP contribution in [-0.4, -0.2) is 47.8 Å². The first-order valence-electron chi connectivity index (χ1n) is 9.19. The zero-order valence-corrected chi connectivity index (χ0v) is 17.6. The fourth-order valence-corrected chi connectivity index (χ4v) is 5.85. The fraction of sp³-hybridized carbons (Fsp3) is 0.500. The monoisotopic (exact) mass is 424 g/mol. The topological polar surface area (TPSA) is 101 Å². The van der Waals surface area contributed by atoms with Crippen molar-refractivity contribution in [1.29, 1.82) is 0 Å². The van der Waals surface area contributed by atoms with Crippen molar-refractivity contribution in [1.82, 2.24) is 19.6 Å². The molecule has 0 aromatic carbocycles. The van der Waals surface area contributed by atoms with Crippen LogP contribution in [-0.2, 0) is 27.8 Å². The molecule has 10 heteroatoms. The molecule has 2 aromatic heterocycles. The Morgan fingerprint density at radius 1 is 1.36 bits per heavy atom. The van der Waals surface area contributed by atoms with E-state index >= 15 is 0 Å². The number of carbonyl (C=O) groups excluding carboxylic acids is 1. The lowest BCUT2D eigenvalue weighted by molar-refractivity contribution is -0.119. The molecule has 1 unspecified atom stereocenters. The van der Waals surface area contributed by atoms with Gasteiger partial charge in [-0.3, -0.25) is 4.79 Å². The minimum Gasteiger partial charge on any atom is -0.459 e. The highest BCUT2D eigenvalue weighted by atomic mass is 32.2. The fourth-order valence-electron chi connectivity index (χ4n) is 2.89. The standard InChI is InChI=1S/C18H24N4O4S2/c1-3-14-9-20-18(21-10-14)26-15-5-4-8-22(12-15)28(24,25)17-7-6-16(27-17)11-19-13(2)23/h6-7,9-10,15H,3-5,8,11-12H2,1-2H3,(H,19,23). The van der Waals surface area contributed by atoms with Gasteiger partial charge in [0.25, 0.3) is 10.0 Å². The van der Waals surface area contributed by atoms with E-state index in [1.165, 1.54) is 22.6 Å². The quantitative estimate of drug-likeness (QED) is 0.729. The summed E-state index contributed by atoms with van der Waals surface area (Å²) in [5.74, 6) is -0.150. The second-order valence-electron chi connectivity index (χ2n) is 6.60. The van der Waals surface area contributed by atoms with Gasteiger partial charge < -0.3 is 10.1 Å². The van der Waals surface area contributed by atoms with Gasteiger partial charge in [0.1, 0.15) is 10.3 Å². The minimum absolute atomic E-state index is 0.150. The SMILES string of the molecule is CCc1cnc(OC2CCCN(S(=O)(=O)c3ccc(CNC(C)=O)s3)C2)nc1. The number of rotatable bonds is 7. The maximum Gasteiger partial charge on any atom is 0.316 e. The summed E-state index contributed by atoms with van der Waals surface area (Å²) < 4.78 is 33.5. The summed E-state index contributed by atoms with van der Waals surface area (Å²) in [6, 6.07) is 3.60. The number of hydrogen-bond donors (Lipinski definition) is 1. The molecule has 0 aliphatic carbocycles. The molecular formula is C18H24N4O4S2. The minimum atomic E-state index is -3.60. The number of sulfonamides is 1. The zero-order valence-electron chi connectivity index (χ0n) is 15.9. The Morgan fingerprint density at radius 2 is 2.11 bits per heavy atom. The van der Waals surface area contributed by atoms with Gasteiger partial charge in [-0.25, -0.2) is 18.4 Å². The Bertz CT molecular complexity index is 912. The van der Waals surface area contributed by atoms with E-state index in [9.17, 15) is 13.2 Å². The van der Waals surface area contributed by atoms with Gasteiger partial charge in [0.2, 0.25) is 5.91 Å². The number of hydrogen-bond acceptors (Lipinski definition) is 7. The lowest BCUT2D eigenvalue weighted by atomic mass is 10.1. The molecule has 1 saturated heterocycles. The molecule has 28 heavy (non-hydrogen) atoms. The Morgan fingerprint density at radius 3 is 2.79 bits per heavy atom. The number of aryl methyl sites for hydroxylation is 1. The predicted molar refractivity (Wildman–Crippen MR) is 106 cm³/mol. The number of aromatic nitrogens is 2. The predicted octanol–water partition coefficient (Wildman–Crippen LogP) is 1.97. The summed E-state index contributed by atoms with van der Waals surface area (Å²) in [4.78, 5) is 20.2. The van der Waals surface area contributed by atoms with Crippen molar-refractivity contribution >= 4 is 27.3 Å². The number of nitrogens with one attached hydrogen (secondary N) is 1. The summed E-state index contributed by atoms with van der Waals surface area (Å²) in [7, 11) is -3.60. The average molecular weight is 425 g/mol. The first-order chi connectivity index (χ1) is 13.4. The van der Waals surface area contributed by atoms with Crippen LogP contribution in [0.4, 0.5) is 0 Å².